The van der Waals surface area contributed by atoms with Gasteiger partial charge in [-0.25, -0.2) is 0 Å². The van der Waals surface area contributed by atoms with Gasteiger partial charge in [-0.15, -0.1) is 0 Å². The summed E-state index contributed by atoms with van der Waals surface area (Å²) in [5.41, 5.74) is 2.62. The molecule has 1 heterocycles. The Morgan fingerprint density at radius 3 is 2.67 bits per heavy atom. The molecule has 0 aliphatic heterocycles. The van der Waals surface area contributed by atoms with E-state index in [1.165, 1.54) is 25.6 Å². The molecular formula is C16H13AuN. The molecule has 3 rings (SSSR count). The first-order chi connectivity index (χ1) is 8.85. The van der Waals surface area contributed by atoms with E-state index in [-0.39, 0.29) is 19.8 Å². The van der Waals surface area contributed by atoms with Crippen LogP contribution in [0.3, 0.4) is 0 Å². The zero-order valence-electron chi connectivity index (χ0n) is 10.1. The zero-order chi connectivity index (χ0) is 12.5. The summed E-state index contributed by atoms with van der Waals surface area (Å²) in [6.45, 7) is 3.18. The second-order valence-electron chi connectivity index (χ2n) is 4.04. The van der Waals surface area contributed by atoms with E-state index in [1.54, 1.807) is 0 Å². The fourth-order valence-electron chi connectivity index (χ4n) is 2.45. The van der Waals surface area contributed by atoms with Crippen LogP contribution in [-0.2, 0) is 26.3 Å². The molecular weight excluding hydrogens is 403 g/mol. The summed E-state index contributed by atoms with van der Waals surface area (Å²) in [5, 5.41) is 2.66. The molecule has 0 N–H and O–H groups in total. The van der Waals surface area contributed by atoms with Crippen LogP contribution in [0.25, 0.3) is 21.8 Å². The van der Waals surface area contributed by atoms with Gasteiger partial charge in [-0.05, 0) is 0 Å². The number of hydrogen-bond donors (Lipinski definition) is 0. The molecule has 0 atom stereocenters. The Kier molecular flexibility index (Phi) is 3.01. The van der Waals surface area contributed by atoms with Gasteiger partial charge in [0, 0.05) is 0 Å². The van der Waals surface area contributed by atoms with Gasteiger partial charge in [0.25, 0.3) is 0 Å². The molecule has 0 amide bonds. The van der Waals surface area contributed by atoms with Crippen LogP contribution in [0.5, 0.6) is 0 Å². The Labute approximate surface area is 116 Å². The molecule has 0 unspecified atom stereocenters. The SMILES string of the molecule is C#[C][Au][c]1ccc2c(c1)c1ccccc1n2CC. The van der Waals surface area contributed by atoms with Crippen molar-refractivity contribution in [2.24, 2.45) is 0 Å². The van der Waals surface area contributed by atoms with Crippen molar-refractivity contribution in [3.8, 4) is 10.6 Å². The third-order valence-electron chi connectivity index (χ3n) is 3.16. The summed E-state index contributed by atoms with van der Waals surface area (Å²) in [7, 11) is 0. The van der Waals surface area contributed by atoms with E-state index in [0.29, 0.717) is 0 Å². The summed E-state index contributed by atoms with van der Waals surface area (Å²) >= 11 is -0.165. The predicted octanol–water partition coefficient (Wildman–Crippen LogP) is 3.11. The van der Waals surface area contributed by atoms with Gasteiger partial charge in [0.05, 0.1) is 0 Å². The molecule has 0 saturated carbocycles. The van der Waals surface area contributed by atoms with Crippen LogP contribution >= 0.6 is 0 Å². The molecule has 0 bridgehead atoms. The molecule has 3 aromatic rings. The fraction of sp³-hybridized carbons (Fsp3) is 0.125. The molecule has 0 fully saturated rings. The van der Waals surface area contributed by atoms with E-state index in [0.717, 1.165) is 6.54 Å². The Morgan fingerprint density at radius 1 is 1.11 bits per heavy atom. The van der Waals surface area contributed by atoms with Gasteiger partial charge in [0.15, 0.2) is 0 Å². The van der Waals surface area contributed by atoms with E-state index in [1.807, 2.05) is 0 Å². The first-order valence-electron chi connectivity index (χ1n) is 5.88. The Morgan fingerprint density at radius 2 is 1.89 bits per heavy atom. The maximum atomic E-state index is 5.44. The Bertz CT molecular complexity index is 762. The van der Waals surface area contributed by atoms with E-state index in [2.05, 4.69) is 58.1 Å². The molecule has 2 aromatic carbocycles. The van der Waals surface area contributed by atoms with Crippen molar-refractivity contribution in [2.45, 2.75) is 13.5 Å². The number of rotatable bonds is 2. The van der Waals surface area contributed by atoms with E-state index >= 15 is 0 Å². The fourth-order valence-corrected chi connectivity index (χ4v) is 3.64. The topological polar surface area (TPSA) is 4.93 Å². The Hall–Kier alpha value is -1.46. The third kappa shape index (κ3) is 1.71. The first kappa shape index (κ1) is 11.6. The molecule has 0 aliphatic carbocycles. The Balaban J connectivity index is 2.42. The van der Waals surface area contributed by atoms with E-state index in [9.17, 15) is 0 Å². The minimum atomic E-state index is -0.165. The van der Waals surface area contributed by atoms with Crippen molar-refractivity contribution < 1.29 is 19.8 Å². The van der Waals surface area contributed by atoms with Crippen molar-refractivity contribution in [3.05, 3.63) is 42.5 Å². The van der Waals surface area contributed by atoms with Gasteiger partial charge in [-0.3, -0.25) is 0 Å². The van der Waals surface area contributed by atoms with Crippen LogP contribution in [0.2, 0.25) is 0 Å². The van der Waals surface area contributed by atoms with Crippen molar-refractivity contribution in [1.82, 2.24) is 4.57 Å². The van der Waals surface area contributed by atoms with Crippen molar-refractivity contribution in [2.75, 3.05) is 0 Å². The summed E-state index contributed by atoms with van der Waals surface area (Å²) < 4.78 is 6.48. The summed E-state index contributed by atoms with van der Waals surface area (Å²) in [6.07, 6.45) is 5.44. The minimum absolute atomic E-state index is 0.165. The molecule has 0 aliphatic rings. The van der Waals surface area contributed by atoms with Crippen LogP contribution in [0, 0.1) is 10.6 Å². The molecule has 93 valence electrons. The number of benzene rings is 2. The monoisotopic (exact) mass is 416 g/mol. The summed E-state index contributed by atoms with van der Waals surface area (Å²) in [4.78, 5) is 0. The summed E-state index contributed by atoms with van der Waals surface area (Å²) in [6, 6.07) is 15.2. The standard InChI is InChI=1S/C14H12N.C2H.Au/c1-2-15-13-9-5-3-7-11(13)12-8-4-6-10-14(12)15;1-2;/h3,5-10H,2H2,1H3;1H;. The quantitative estimate of drug-likeness (QED) is 0.447. The molecule has 0 spiro atoms. The number of fused-ring (bicyclic) bond motifs is 3. The number of nitrogens with zero attached hydrogens (tertiary/aromatic N) is 1. The maximum absolute atomic E-state index is 5.44. The third-order valence-corrected chi connectivity index (χ3v) is 4.77. The number of terminal acetylenes is 1. The molecule has 1 aromatic heterocycles. The average Bonchev–Trinajstić information content (AvgIpc) is 2.72. The van der Waals surface area contributed by atoms with Gasteiger partial charge >= 0.3 is 116 Å². The van der Waals surface area contributed by atoms with Crippen molar-refractivity contribution >= 4 is 25.6 Å². The normalized spacial score (nSPS) is 11.1. The molecule has 2 heteroatoms. The molecule has 1 nitrogen and oxygen atoms in total. The van der Waals surface area contributed by atoms with Crippen LogP contribution in [0.1, 0.15) is 6.92 Å². The van der Waals surface area contributed by atoms with Crippen LogP contribution in [0.15, 0.2) is 42.5 Å². The van der Waals surface area contributed by atoms with E-state index in [4.69, 9.17) is 6.42 Å². The molecule has 18 heavy (non-hydrogen) atoms. The number of para-hydroxylation sites is 1. The van der Waals surface area contributed by atoms with Gasteiger partial charge in [0.2, 0.25) is 0 Å². The second-order valence-corrected chi connectivity index (χ2v) is 6.46. The zero-order valence-corrected chi connectivity index (χ0v) is 12.2. The van der Waals surface area contributed by atoms with Gasteiger partial charge in [-0.2, -0.15) is 0 Å². The van der Waals surface area contributed by atoms with E-state index < -0.39 is 0 Å². The van der Waals surface area contributed by atoms with Gasteiger partial charge in [-0.1, -0.05) is 0 Å². The number of hydrogen-bond acceptors (Lipinski definition) is 0. The first-order valence-corrected chi connectivity index (χ1v) is 8.04. The second kappa shape index (κ2) is 4.66. The van der Waals surface area contributed by atoms with Crippen LogP contribution in [-0.4, -0.2) is 4.57 Å². The van der Waals surface area contributed by atoms with Crippen LogP contribution in [0.4, 0.5) is 0 Å². The van der Waals surface area contributed by atoms with Crippen LogP contribution < -0.4 is 3.78 Å². The van der Waals surface area contributed by atoms with Gasteiger partial charge < -0.3 is 0 Å². The molecule has 0 saturated heterocycles. The number of aromatic nitrogens is 1. The molecule has 0 radical (unpaired) electrons. The van der Waals surface area contributed by atoms with Crippen molar-refractivity contribution in [1.29, 1.82) is 0 Å². The van der Waals surface area contributed by atoms with Gasteiger partial charge in [0.1, 0.15) is 0 Å². The van der Waals surface area contributed by atoms with Crippen molar-refractivity contribution in [3.63, 3.8) is 0 Å². The number of aryl methyl sites for hydroxylation is 1. The average molecular weight is 416 g/mol. The predicted molar refractivity (Wildman–Crippen MR) is 73.6 cm³/mol. The summed E-state index contributed by atoms with van der Waals surface area (Å²) in [5.74, 6) is 0.